The molecule has 1 aliphatic heterocycles. The number of hydrogen-bond acceptors (Lipinski definition) is 5. The van der Waals surface area contributed by atoms with Crippen molar-refractivity contribution in [3.63, 3.8) is 0 Å². The van der Waals surface area contributed by atoms with Gasteiger partial charge >= 0.3 is 0 Å². The minimum atomic E-state index is 0.254. The van der Waals surface area contributed by atoms with Gasteiger partial charge in [-0.2, -0.15) is 0 Å². The van der Waals surface area contributed by atoms with Crippen LogP contribution in [0, 0.1) is 5.92 Å². The van der Waals surface area contributed by atoms with Crippen LogP contribution in [0.2, 0.25) is 0 Å². The molecule has 7 heteroatoms. The molecule has 5 rings (SSSR count). The SMILES string of the molecule is O=C(CSc1nnc(Cc2cccs2)n1-c1ccccc1)N1CCCC2CCCCC21. The number of rotatable bonds is 6. The molecule has 3 heterocycles. The third kappa shape index (κ3) is 4.58. The number of fused-ring (bicyclic) bond motifs is 1. The Balaban J connectivity index is 1.34. The number of amides is 1. The summed E-state index contributed by atoms with van der Waals surface area (Å²) in [5, 5.41) is 11.9. The number of carbonyl (C=O) groups is 1. The highest BCUT2D eigenvalue weighted by atomic mass is 32.2. The molecule has 31 heavy (non-hydrogen) atoms. The van der Waals surface area contributed by atoms with Crippen molar-refractivity contribution in [1.29, 1.82) is 0 Å². The number of benzene rings is 1. The third-order valence-electron chi connectivity index (χ3n) is 6.52. The summed E-state index contributed by atoms with van der Waals surface area (Å²) in [4.78, 5) is 16.6. The van der Waals surface area contributed by atoms with Crippen molar-refractivity contribution in [1.82, 2.24) is 19.7 Å². The fourth-order valence-corrected chi connectivity index (χ4v) is 6.62. The van der Waals surface area contributed by atoms with E-state index in [4.69, 9.17) is 0 Å². The Morgan fingerprint density at radius 3 is 2.71 bits per heavy atom. The topological polar surface area (TPSA) is 51.0 Å². The van der Waals surface area contributed by atoms with E-state index in [0.717, 1.165) is 36.1 Å². The Bertz CT molecular complexity index is 1000. The second kappa shape index (κ2) is 9.57. The van der Waals surface area contributed by atoms with Crippen LogP contribution in [0.4, 0.5) is 0 Å². The second-order valence-electron chi connectivity index (χ2n) is 8.46. The van der Waals surface area contributed by atoms with Gasteiger partial charge in [0.2, 0.25) is 5.91 Å². The first-order chi connectivity index (χ1) is 15.3. The molecule has 1 saturated carbocycles. The number of thiophene rings is 1. The molecule has 1 aliphatic carbocycles. The van der Waals surface area contributed by atoms with Crippen LogP contribution in [0.5, 0.6) is 0 Å². The minimum absolute atomic E-state index is 0.254. The summed E-state index contributed by atoms with van der Waals surface area (Å²) < 4.78 is 2.11. The monoisotopic (exact) mass is 452 g/mol. The van der Waals surface area contributed by atoms with E-state index in [0.29, 0.717) is 17.7 Å². The lowest BCUT2D eigenvalue weighted by Gasteiger charge is -2.44. The average molecular weight is 453 g/mol. The molecule has 2 aliphatic rings. The molecular formula is C24H28N4OS2. The first-order valence-electron chi connectivity index (χ1n) is 11.2. The van der Waals surface area contributed by atoms with Gasteiger partial charge in [0.1, 0.15) is 5.82 Å². The van der Waals surface area contributed by atoms with Crippen LogP contribution >= 0.6 is 23.1 Å². The van der Waals surface area contributed by atoms with Gasteiger partial charge in [0.15, 0.2) is 5.16 Å². The number of carbonyl (C=O) groups excluding carboxylic acids is 1. The minimum Gasteiger partial charge on any atom is -0.339 e. The average Bonchev–Trinajstić information content (AvgIpc) is 3.48. The van der Waals surface area contributed by atoms with Crippen molar-refractivity contribution in [2.24, 2.45) is 5.92 Å². The molecule has 1 aromatic carbocycles. The van der Waals surface area contributed by atoms with Gasteiger partial charge in [-0.15, -0.1) is 21.5 Å². The maximum absolute atomic E-state index is 13.2. The molecule has 5 nitrogen and oxygen atoms in total. The first kappa shape index (κ1) is 20.8. The molecular weight excluding hydrogens is 424 g/mol. The number of nitrogens with zero attached hydrogens (tertiary/aromatic N) is 4. The van der Waals surface area contributed by atoms with Crippen LogP contribution in [0.15, 0.2) is 53.0 Å². The van der Waals surface area contributed by atoms with Crippen LogP contribution in [0.3, 0.4) is 0 Å². The molecule has 2 fully saturated rings. The third-order valence-corrected chi connectivity index (χ3v) is 8.31. The van der Waals surface area contributed by atoms with Crippen molar-refractivity contribution in [2.45, 2.75) is 56.1 Å². The molecule has 2 atom stereocenters. The first-order valence-corrected chi connectivity index (χ1v) is 13.1. The maximum atomic E-state index is 13.2. The quantitative estimate of drug-likeness (QED) is 0.483. The summed E-state index contributed by atoms with van der Waals surface area (Å²) in [6.45, 7) is 0.912. The van der Waals surface area contributed by atoms with E-state index in [1.807, 2.05) is 18.2 Å². The number of likely N-dealkylation sites (tertiary alicyclic amines) is 1. The number of piperidine rings is 1. The molecule has 2 unspecified atom stereocenters. The van der Waals surface area contributed by atoms with Crippen LogP contribution in [0.1, 0.15) is 49.2 Å². The van der Waals surface area contributed by atoms with Crippen molar-refractivity contribution < 1.29 is 4.79 Å². The van der Waals surface area contributed by atoms with Crippen LogP contribution in [-0.4, -0.2) is 43.9 Å². The van der Waals surface area contributed by atoms with Gasteiger partial charge in [-0.05, 0) is 55.2 Å². The lowest BCUT2D eigenvalue weighted by Crippen LogP contribution is -2.50. The van der Waals surface area contributed by atoms with E-state index in [2.05, 4.69) is 49.3 Å². The fraction of sp³-hybridized carbons (Fsp3) is 0.458. The van der Waals surface area contributed by atoms with Gasteiger partial charge in [-0.1, -0.05) is 48.9 Å². The van der Waals surface area contributed by atoms with Gasteiger partial charge < -0.3 is 4.90 Å². The Morgan fingerprint density at radius 2 is 1.87 bits per heavy atom. The molecule has 0 bridgehead atoms. The predicted molar refractivity (Wildman–Crippen MR) is 126 cm³/mol. The molecule has 1 amide bonds. The number of hydrogen-bond donors (Lipinski definition) is 0. The molecule has 0 N–H and O–H groups in total. The van der Waals surface area contributed by atoms with E-state index in [1.54, 1.807) is 11.3 Å². The Labute approximate surface area is 191 Å². The second-order valence-corrected chi connectivity index (χ2v) is 10.4. The zero-order valence-corrected chi connectivity index (χ0v) is 19.3. The van der Waals surface area contributed by atoms with Crippen molar-refractivity contribution >= 4 is 29.0 Å². The van der Waals surface area contributed by atoms with Crippen LogP contribution in [0.25, 0.3) is 5.69 Å². The number of thioether (sulfide) groups is 1. The van der Waals surface area contributed by atoms with Crippen molar-refractivity contribution in [3.05, 3.63) is 58.5 Å². The Kier molecular flexibility index (Phi) is 6.41. The van der Waals surface area contributed by atoms with Crippen molar-refractivity contribution in [3.8, 4) is 5.69 Å². The number of para-hydroxylation sites is 1. The summed E-state index contributed by atoms with van der Waals surface area (Å²) in [5.74, 6) is 2.30. The molecule has 162 valence electrons. The number of aromatic nitrogens is 3. The standard InChI is InChI=1S/C24H28N4OS2/c29-23(27-14-6-9-18-8-4-5-13-21(18)27)17-31-24-26-25-22(16-20-12-7-15-30-20)28(24)19-10-2-1-3-11-19/h1-3,7,10-12,15,18,21H,4-6,8-9,13-14,16-17H2. The summed E-state index contributed by atoms with van der Waals surface area (Å²) in [5.41, 5.74) is 1.04. The van der Waals surface area contributed by atoms with Gasteiger partial charge in [-0.3, -0.25) is 9.36 Å². The normalized spacial score (nSPS) is 21.1. The molecule has 1 saturated heterocycles. The predicted octanol–water partition coefficient (Wildman–Crippen LogP) is 5.19. The lowest BCUT2D eigenvalue weighted by molar-refractivity contribution is -0.134. The summed E-state index contributed by atoms with van der Waals surface area (Å²) in [7, 11) is 0. The van der Waals surface area contributed by atoms with E-state index >= 15 is 0 Å². The Morgan fingerprint density at radius 1 is 1.03 bits per heavy atom. The zero-order chi connectivity index (χ0) is 21.0. The molecule has 0 radical (unpaired) electrons. The van der Waals surface area contributed by atoms with Crippen molar-refractivity contribution in [2.75, 3.05) is 12.3 Å². The van der Waals surface area contributed by atoms with E-state index in [1.165, 1.54) is 48.7 Å². The highest BCUT2D eigenvalue weighted by molar-refractivity contribution is 7.99. The zero-order valence-electron chi connectivity index (χ0n) is 17.7. The molecule has 0 spiro atoms. The molecule has 2 aromatic heterocycles. The maximum Gasteiger partial charge on any atom is 0.233 e. The summed E-state index contributed by atoms with van der Waals surface area (Å²) >= 11 is 3.25. The van der Waals surface area contributed by atoms with E-state index in [-0.39, 0.29) is 5.91 Å². The van der Waals surface area contributed by atoms with E-state index < -0.39 is 0 Å². The summed E-state index contributed by atoms with van der Waals surface area (Å²) in [6, 6.07) is 14.9. The largest absolute Gasteiger partial charge is 0.339 e. The van der Waals surface area contributed by atoms with Gasteiger partial charge in [0.25, 0.3) is 0 Å². The Hall–Kier alpha value is -2.12. The fourth-order valence-electron chi connectivity index (χ4n) is 5.06. The summed E-state index contributed by atoms with van der Waals surface area (Å²) in [6.07, 6.45) is 8.21. The van der Waals surface area contributed by atoms with Crippen LogP contribution in [-0.2, 0) is 11.2 Å². The highest BCUT2D eigenvalue weighted by Gasteiger charge is 2.35. The van der Waals surface area contributed by atoms with Gasteiger partial charge in [-0.25, -0.2) is 0 Å². The van der Waals surface area contributed by atoms with Gasteiger partial charge in [0.05, 0.1) is 5.75 Å². The smallest absolute Gasteiger partial charge is 0.233 e. The van der Waals surface area contributed by atoms with E-state index in [9.17, 15) is 4.79 Å². The van der Waals surface area contributed by atoms with Gasteiger partial charge in [0, 0.05) is 29.6 Å². The molecule has 3 aromatic rings. The lowest BCUT2D eigenvalue weighted by atomic mass is 9.78. The van der Waals surface area contributed by atoms with Crippen LogP contribution < -0.4 is 0 Å². The highest BCUT2D eigenvalue weighted by Crippen LogP contribution is 2.36.